The Morgan fingerprint density at radius 1 is 1.24 bits per heavy atom. The minimum Gasteiger partial charge on any atom is -0.346 e. The molecule has 1 aliphatic heterocycles. The van der Waals surface area contributed by atoms with Gasteiger partial charge in [-0.05, 0) is 26.4 Å². The summed E-state index contributed by atoms with van der Waals surface area (Å²) in [5, 5.41) is 3.17. The number of rotatable bonds is 6. The van der Waals surface area contributed by atoms with Gasteiger partial charge in [0.1, 0.15) is 0 Å². The van der Waals surface area contributed by atoms with E-state index in [1.165, 1.54) is 54.2 Å². The summed E-state index contributed by atoms with van der Waals surface area (Å²) in [6.07, 6.45) is 4.20. The smallest absolute Gasteiger partial charge is 0.0889 e. The van der Waals surface area contributed by atoms with E-state index in [0.29, 0.717) is 0 Å². The summed E-state index contributed by atoms with van der Waals surface area (Å²) >= 11 is 0. The standard InChI is InChI=1S/C8H18NSi.C8H20NSi.Rf/c1-4-10-7-5-6-9(2,3)8-10;1-5-10(3,4)8-6-7-9-2;/h1,4-8H2,2-3H3;9H,1,5-8H2,2-4H3;/q;-1;. The quantitative estimate of drug-likeness (QED) is 0.219. The zero-order valence-corrected chi connectivity index (χ0v) is 23.8. The SMILES string of the molecule is [CH2-]C[Si](C)(C)CCCNC.[CH2-]C[Si]1CCC[N+](C)(C)C1.[Rf]. The van der Waals surface area contributed by atoms with E-state index >= 15 is 0 Å². The first-order valence-electron chi connectivity index (χ1n) is 8.15. The van der Waals surface area contributed by atoms with E-state index in [9.17, 15) is 0 Å². The van der Waals surface area contributed by atoms with Crippen molar-refractivity contribution < 1.29 is 4.48 Å². The Kier molecular flexibility index (Phi) is 11.8. The Balaban J connectivity index is 0. The van der Waals surface area contributed by atoms with Crippen LogP contribution in [0, 0.1) is 13.8 Å². The van der Waals surface area contributed by atoms with Gasteiger partial charge in [0.25, 0.3) is 0 Å². The average molecular weight is 582 g/mol. The Morgan fingerprint density at radius 2 is 1.86 bits per heavy atom. The monoisotopic (exact) mass is 581 g/mol. The summed E-state index contributed by atoms with van der Waals surface area (Å²) in [4.78, 5) is 0. The molecule has 0 atom stereocenters. The van der Waals surface area contributed by atoms with Gasteiger partial charge in [-0.15, -0.1) is 0 Å². The predicted octanol–water partition coefficient (Wildman–Crippen LogP) is 3.47. The zero-order chi connectivity index (χ0) is 15.6. The third-order valence-corrected chi connectivity index (χ3v) is 10.4. The van der Waals surface area contributed by atoms with E-state index in [0.717, 1.165) is 6.54 Å². The third-order valence-electron chi connectivity index (χ3n) is 4.26. The Hall–Kier alpha value is -0.646. The van der Waals surface area contributed by atoms with Gasteiger partial charge in [-0.1, -0.05) is 25.2 Å². The Bertz CT molecular complexity index is 248. The van der Waals surface area contributed by atoms with Crippen LogP contribution in [0.1, 0.15) is 12.8 Å². The van der Waals surface area contributed by atoms with Gasteiger partial charge in [0.2, 0.25) is 0 Å². The van der Waals surface area contributed by atoms with Gasteiger partial charge < -0.3 is 23.6 Å². The molecule has 5 heteroatoms. The van der Waals surface area contributed by atoms with Crippen LogP contribution in [0.15, 0.2) is 0 Å². The van der Waals surface area contributed by atoms with Crippen molar-refractivity contribution in [3.63, 3.8) is 0 Å². The molecule has 0 aromatic rings. The van der Waals surface area contributed by atoms with Crippen LogP contribution in [-0.4, -0.2) is 61.8 Å². The van der Waals surface area contributed by atoms with Crippen molar-refractivity contribution in [3.05, 3.63) is 13.8 Å². The number of nitrogens with one attached hydrogen (secondary N) is 1. The van der Waals surface area contributed by atoms with E-state index in [2.05, 4.69) is 46.4 Å². The molecule has 1 rings (SSSR count). The number of quaternary nitrogens is 1. The number of hydrogen-bond acceptors (Lipinski definition) is 1. The fourth-order valence-corrected chi connectivity index (χ4v) is 6.57. The molecule has 1 heterocycles. The molecule has 2 nitrogen and oxygen atoms in total. The first-order chi connectivity index (χ1) is 9.26. The molecule has 0 spiro atoms. The summed E-state index contributed by atoms with van der Waals surface area (Å²) < 4.78 is 1.25. The molecular weight excluding hydrogens is 543 g/mol. The van der Waals surface area contributed by atoms with Crippen LogP contribution < -0.4 is 5.32 Å². The molecule has 0 unspecified atom stereocenters. The fourth-order valence-electron chi connectivity index (χ4n) is 2.59. The summed E-state index contributed by atoms with van der Waals surface area (Å²) in [5.41, 5.74) is 0. The summed E-state index contributed by atoms with van der Waals surface area (Å²) in [6, 6.07) is 5.33. The largest absolute Gasteiger partial charge is 0.346 e. The van der Waals surface area contributed by atoms with Crippen LogP contribution in [0.5, 0.6) is 0 Å². The molecule has 0 saturated carbocycles. The molecule has 1 saturated heterocycles. The van der Waals surface area contributed by atoms with Crippen molar-refractivity contribution in [2.75, 3.05) is 40.4 Å². The summed E-state index contributed by atoms with van der Waals surface area (Å²) in [5.74, 6) is 0. The molecule has 0 bridgehead atoms. The zero-order valence-electron chi connectivity index (χ0n) is 15.4. The van der Waals surface area contributed by atoms with Crippen LogP contribution in [0.2, 0.25) is 37.3 Å². The van der Waals surface area contributed by atoms with Crippen LogP contribution in [0.25, 0.3) is 0 Å². The number of nitrogens with zero attached hydrogens (tertiary/aromatic N) is 1. The first-order valence-corrected chi connectivity index (χ1v) is 13.7. The van der Waals surface area contributed by atoms with Crippen LogP contribution in [0.3, 0.4) is 0 Å². The molecule has 123 valence electrons. The van der Waals surface area contributed by atoms with E-state index < -0.39 is 8.07 Å². The van der Waals surface area contributed by atoms with Crippen molar-refractivity contribution >= 4 is 16.9 Å². The maximum Gasteiger partial charge on any atom is 0.0889 e. The van der Waals surface area contributed by atoms with Crippen LogP contribution >= 0.6 is 0 Å². The Morgan fingerprint density at radius 3 is 2.24 bits per heavy atom. The van der Waals surface area contributed by atoms with Crippen molar-refractivity contribution in [1.29, 1.82) is 0 Å². The normalized spacial score (nSPS) is 18.4. The topological polar surface area (TPSA) is 12.0 Å². The third kappa shape index (κ3) is 11.7. The second-order valence-electron chi connectivity index (χ2n) is 7.54. The number of hydrogen-bond donors (Lipinski definition) is 1. The van der Waals surface area contributed by atoms with E-state index in [4.69, 9.17) is 0 Å². The van der Waals surface area contributed by atoms with Gasteiger partial charge in [0.05, 0.1) is 35.6 Å². The summed E-state index contributed by atoms with van der Waals surface area (Å²) in [6.45, 7) is 15.4. The molecule has 21 heavy (non-hydrogen) atoms. The molecule has 1 aliphatic rings. The minimum absolute atomic E-state index is 0. The van der Waals surface area contributed by atoms with Crippen molar-refractivity contribution in [3.8, 4) is 0 Å². The molecule has 0 amide bonds. The maximum absolute atomic E-state index is 4.01. The molecule has 0 aromatic heterocycles. The molecule has 1 radical (unpaired) electrons. The predicted molar refractivity (Wildman–Crippen MR) is 98.2 cm³/mol. The second-order valence-corrected chi connectivity index (χ2v) is 15.7. The molecule has 0 aromatic carbocycles. The fraction of sp³-hybridized carbons (Fsp3) is 0.875. The van der Waals surface area contributed by atoms with Gasteiger partial charge in [0, 0.05) is 8.07 Å². The van der Waals surface area contributed by atoms with Gasteiger partial charge in [-0.2, -0.15) is 12.1 Å². The van der Waals surface area contributed by atoms with Crippen LogP contribution in [-0.2, 0) is 0 Å². The molecule has 1 fully saturated rings. The molecular formula is C16H38N2RfSi2-. The van der Waals surface area contributed by atoms with E-state index in [1.807, 2.05) is 7.05 Å². The summed E-state index contributed by atoms with van der Waals surface area (Å²) in [7, 11) is 5.81. The van der Waals surface area contributed by atoms with Gasteiger partial charge in [-0.3, -0.25) is 0 Å². The van der Waals surface area contributed by atoms with Crippen molar-refractivity contribution in [1.82, 2.24) is 5.32 Å². The van der Waals surface area contributed by atoms with Gasteiger partial charge >= 0.3 is 0 Å². The molecule has 0 aliphatic carbocycles. The minimum atomic E-state index is -0.866. The Labute approximate surface area is 131 Å². The average Bonchev–Trinajstić information content (AvgIpc) is 2.38. The van der Waals surface area contributed by atoms with Gasteiger partial charge in [-0.25, -0.2) is 0 Å². The van der Waals surface area contributed by atoms with E-state index in [-0.39, 0.29) is 8.80 Å². The first kappa shape index (κ1) is 22.6. The van der Waals surface area contributed by atoms with Crippen molar-refractivity contribution in [2.24, 2.45) is 0 Å². The van der Waals surface area contributed by atoms with Crippen molar-refractivity contribution in [2.45, 2.75) is 50.1 Å². The second kappa shape index (κ2) is 11.0. The van der Waals surface area contributed by atoms with Crippen LogP contribution in [0.4, 0.5) is 0 Å². The van der Waals surface area contributed by atoms with E-state index in [1.54, 1.807) is 0 Å². The maximum atomic E-state index is 4.01. The molecule has 1 N–H and O–H groups in total. The van der Waals surface area contributed by atoms with Gasteiger partial charge in [0.15, 0.2) is 0 Å².